The summed E-state index contributed by atoms with van der Waals surface area (Å²) in [6, 6.07) is 11.9. The van der Waals surface area contributed by atoms with Gasteiger partial charge in [-0.2, -0.15) is 80.3 Å². The largest absolute Gasteiger partial charge is 0.481 e. The van der Waals surface area contributed by atoms with Crippen molar-refractivity contribution in [3.8, 4) is 0 Å². The van der Waals surface area contributed by atoms with E-state index in [2.05, 4.69) is 15.3 Å². The van der Waals surface area contributed by atoms with Crippen LogP contribution in [0.2, 0.25) is 10.0 Å². The number of alkyl halides is 6. The molecule has 0 bridgehead atoms. The van der Waals surface area contributed by atoms with Crippen molar-refractivity contribution >= 4 is 101 Å². The first kappa shape index (κ1) is 73.3. The second-order valence-corrected chi connectivity index (χ2v) is 19.6. The maximum Gasteiger partial charge on any atom is 0.395 e. The van der Waals surface area contributed by atoms with Crippen molar-refractivity contribution in [2.24, 2.45) is 16.6 Å². The molecular formula is C52H70Cl2F8N6O5S4. The summed E-state index contributed by atoms with van der Waals surface area (Å²) in [4.78, 5) is 58.5. The Bertz CT molecular complexity index is 2530. The molecule has 25 heteroatoms. The van der Waals surface area contributed by atoms with Gasteiger partial charge in [0, 0.05) is 81.1 Å². The molecule has 0 saturated heterocycles. The number of ketones is 2. The van der Waals surface area contributed by atoms with Gasteiger partial charge in [0.25, 0.3) is 0 Å². The highest BCUT2D eigenvalue weighted by atomic mass is 35.5. The van der Waals surface area contributed by atoms with Gasteiger partial charge in [0.15, 0.2) is 23.2 Å². The molecule has 0 spiro atoms. The predicted molar refractivity (Wildman–Crippen MR) is 304 cm³/mol. The smallest absolute Gasteiger partial charge is 0.395 e. The molecule has 2 aliphatic carbocycles. The maximum absolute atomic E-state index is 14.7. The van der Waals surface area contributed by atoms with Crippen LogP contribution in [0.25, 0.3) is 0 Å². The van der Waals surface area contributed by atoms with E-state index >= 15 is 0 Å². The molecule has 4 atom stereocenters. The summed E-state index contributed by atoms with van der Waals surface area (Å²) in [6.07, 6.45) is -2.79. The lowest BCUT2D eigenvalue weighted by Crippen LogP contribution is -2.42. The first-order valence-corrected chi connectivity index (χ1v) is 24.4. The first-order chi connectivity index (χ1) is 34.2. The highest BCUT2D eigenvalue weighted by Crippen LogP contribution is 2.67. The van der Waals surface area contributed by atoms with E-state index in [4.69, 9.17) is 34.0 Å². The van der Waals surface area contributed by atoms with Crippen LogP contribution in [0.15, 0.2) is 73.3 Å². The zero-order chi connectivity index (χ0) is 54.6. The van der Waals surface area contributed by atoms with E-state index in [9.17, 15) is 54.3 Å². The molecule has 2 aliphatic rings. The average molecular weight is 1210 g/mol. The third kappa shape index (κ3) is 19.0. The Morgan fingerprint density at radius 3 is 1.29 bits per heavy atom. The Labute approximate surface area is 483 Å². The normalized spacial score (nSPS) is 15.4. The molecule has 77 heavy (non-hydrogen) atoms. The molecule has 0 aliphatic heterocycles. The molecule has 2 fully saturated rings. The number of nitrogens with one attached hydrogen (secondary N) is 1. The minimum absolute atomic E-state index is 0. The standard InChI is InChI=1S/C26H30ClF4N3O2.C14H20ClFN2O.C12H12F3NO2.4H2S/c1-4-21(35)19-6-5-17(23(27)24(19)28)13-18(34(2)3)15-33-22(36)14-20(16-7-11-32-12-8-16)25(9-10-25)26(29,30)31;1-4-12(19)11-6-5-9(13(15)14(11)16)7-10(8-17)18(2)3;13-12(14,15)11(3-4-11)9(7-10(17)18)8-1-5-16-6-2-8;;;;/h5-8,11-12,18,20H,4,9-10,13-15H2,1-3H3,(H,33,36);5-6,10H,4,7-8,17H2,1-3H3;1-2,5-6,9H,3-4,7H2,(H,17,18);4*1H2/t18-,20-;10-;9-;;;;/m000..../s1. The van der Waals surface area contributed by atoms with Crippen LogP contribution in [-0.2, 0) is 22.4 Å². The molecule has 2 saturated carbocycles. The number of nitrogens with two attached hydrogens (primary N) is 1. The summed E-state index contributed by atoms with van der Waals surface area (Å²) in [5, 5.41) is 11.5. The summed E-state index contributed by atoms with van der Waals surface area (Å²) in [7, 11) is 7.38. The van der Waals surface area contributed by atoms with Crippen LogP contribution in [0.3, 0.4) is 0 Å². The van der Waals surface area contributed by atoms with Crippen LogP contribution in [0.1, 0.15) is 120 Å². The van der Waals surface area contributed by atoms with Gasteiger partial charge in [0.05, 0.1) is 38.4 Å². The molecule has 2 heterocycles. The van der Waals surface area contributed by atoms with Gasteiger partial charge >= 0.3 is 18.3 Å². The monoisotopic (exact) mass is 1210 g/mol. The Hall–Kier alpha value is -3.68. The first-order valence-electron chi connectivity index (χ1n) is 23.6. The highest BCUT2D eigenvalue weighted by Gasteiger charge is 2.68. The van der Waals surface area contributed by atoms with Crippen LogP contribution < -0.4 is 11.1 Å². The molecule has 6 rings (SSSR count). The second-order valence-electron chi connectivity index (χ2n) is 18.8. The number of halogens is 10. The van der Waals surface area contributed by atoms with E-state index < -0.39 is 65.0 Å². The topological polar surface area (TPSA) is 159 Å². The minimum Gasteiger partial charge on any atom is -0.481 e. The Kier molecular flexibility index (Phi) is 30.4. The van der Waals surface area contributed by atoms with Crippen LogP contribution in [-0.4, -0.2) is 114 Å². The van der Waals surface area contributed by atoms with Gasteiger partial charge in [-0.3, -0.25) is 29.1 Å². The summed E-state index contributed by atoms with van der Waals surface area (Å²) in [6.45, 7) is 3.91. The zero-order valence-corrected chi connectivity index (χ0v) is 49.0. The number of aromatic nitrogens is 2. The number of carbonyl (C=O) groups excluding carboxylic acids is 3. The van der Waals surface area contributed by atoms with Crippen LogP contribution in [0.4, 0.5) is 35.1 Å². The number of rotatable bonds is 21. The second kappa shape index (κ2) is 31.9. The van der Waals surface area contributed by atoms with Crippen molar-refractivity contribution in [3.05, 3.63) is 128 Å². The number of carbonyl (C=O) groups is 4. The zero-order valence-electron chi connectivity index (χ0n) is 43.4. The molecule has 4 aromatic rings. The number of hydrogen-bond acceptors (Lipinski definition) is 9. The van der Waals surface area contributed by atoms with Gasteiger partial charge in [-0.25, -0.2) is 8.78 Å². The minimum atomic E-state index is -4.42. The average Bonchev–Trinajstić information content (AvgIpc) is 4.29. The molecule has 11 nitrogen and oxygen atoms in total. The Balaban J connectivity index is 0.00000120. The molecule has 432 valence electrons. The van der Waals surface area contributed by atoms with Crippen molar-refractivity contribution in [1.82, 2.24) is 25.1 Å². The van der Waals surface area contributed by atoms with Gasteiger partial charge in [0.1, 0.15) is 0 Å². The number of Topliss-reactive ketones (excluding diaryl/α,β-unsaturated/α-hetero) is 2. The fourth-order valence-corrected chi connectivity index (χ4v) is 9.26. The molecule has 0 unspecified atom stereocenters. The molecule has 4 N–H and O–H groups in total. The van der Waals surface area contributed by atoms with Gasteiger partial charge in [-0.15, -0.1) is 0 Å². The fourth-order valence-electron chi connectivity index (χ4n) is 8.78. The number of carboxylic acids is 1. The van der Waals surface area contributed by atoms with Crippen molar-refractivity contribution in [3.63, 3.8) is 0 Å². The van der Waals surface area contributed by atoms with Gasteiger partial charge in [0.2, 0.25) is 5.91 Å². The lowest BCUT2D eigenvalue weighted by atomic mass is 9.80. The van der Waals surface area contributed by atoms with E-state index in [1.165, 1.54) is 61.2 Å². The van der Waals surface area contributed by atoms with E-state index in [0.717, 1.165) is 0 Å². The number of likely N-dealkylation sites (N-methyl/N-ethyl adjacent to an activating group) is 2. The third-order valence-electron chi connectivity index (χ3n) is 13.8. The number of amides is 1. The Morgan fingerprint density at radius 1 is 0.636 bits per heavy atom. The van der Waals surface area contributed by atoms with Gasteiger partial charge in [-0.05, 0) is 125 Å². The molecule has 0 radical (unpaired) electrons. The maximum atomic E-state index is 14.7. The number of pyridine rings is 2. The molecule has 1 amide bonds. The van der Waals surface area contributed by atoms with Crippen molar-refractivity contribution < 1.29 is 59.4 Å². The number of aliphatic carboxylic acids is 1. The van der Waals surface area contributed by atoms with Gasteiger partial charge < -0.3 is 26.0 Å². The summed E-state index contributed by atoms with van der Waals surface area (Å²) in [5.74, 6) is -5.75. The third-order valence-corrected chi connectivity index (χ3v) is 14.6. The van der Waals surface area contributed by atoms with Crippen molar-refractivity contribution in [2.45, 2.75) is 114 Å². The van der Waals surface area contributed by atoms with Crippen molar-refractivity contribution in [1.29, 1.82) is 0 Å². The van der Waals surface area contributed by atoms with E-state index in [1.54, 1.807) is 40.1 Å². The Morgan fingerprint density at radius 2 is 0.987 bits per heavy atom. The lowest BCUT2D eigenvalue weighted by Gasteiger charge is -2.30. The summed E-state index contributed by atoms with van der Waals surface area (Å²) >= 11 is 12.2. The van der Waals surface area contributed by atoms with Crippen LogP contribution in [0, 0.1) is 22.5 Å². The molecule has 2 aromatic carbocycles. The SMILES string of the molecule is CCC(=O)c1ccc(C[C@@H](CN)N(C)C)c(Cl)c1F.CCC(=O)c1ccc(C[C@@H](CNC(=O)C[C@@H](c2ccncc2)C2(C(F)(F)F)CC2)N(C)C)c(Cl)c1F.O=C(O)C[C@@H](c1ccncc1)C1(C(F)(F)F)CC1.S.S.S.S. The number of hydrogen-bond donors (Lipinski definition) is 3. The molecular weight excluding hydrogens is 1140 g/mol. The lowest BCUT2D eigenvalue weighted by molar-refractivity contribution is -0.196. The van der Waals surface area contributed by atoms with Gasteiger partial charge in [-0.1, -0.05) is 49.2 Å². The van der Waals surface area contributed by atoms with Crippen LogP contribution >= 0.6 is 77.2 Å². The fraction of sp³-hybridized carbons (Fsp3) is 0.500. The van der Waals surface area contributed by atoms with E-state index in [1.807, 2.05) is 23.9 Å². The highest BCUT2D eigenvalue weighted by molar-refractivity contribution is 7.59. The van der Waals surface area contributed by atoms with E-state index in [0.29, 0.717) is 35.2 Å². The predicted octanol–water partition coefficient (Wildman–Crippen LogP) is 11.5. The quantitative estimate of drug-likeness (QED) is 0.0542. The van der Waals surface area contributed by atoms with E-state index in [-0.39, 0.29) is 157 Å². The van der Waals surface area contributed by atoms with Crippen molar-refractivity contribution in [2.75, 3.05) is 41.3 Å². The summed E-state index contributed by atoms with van der Waals surface area (Å²) in [5.41, 5.74) is 3.87. The molecule has 2 aromatic heterocycles. The number of benzene rings is 2. The summed E-state index contributed by atoms with van der Waals surface area (Å²) < 4.78 is 110. The number of nitrogens with zero attached hydrogens (tertiary/aromatic N) is 4. The number of carboxylic acid groups (broad SMARTS) is 1. The van der Waals surface area contributed by atoms with Crippen LogP contribution in [0.5, 0.6) is 0 Å².